The SMILES string of the molecule is CCc1ccc(NC(=O)COc2ccc(/C=C3\SC(=S)N(c4ccc5c(c4)OCO5)C3=O)cc2OC)cc1. The molecule has 2 amide bonds. The Bertz CT molecular complexity index is 1440. The lowest BCUT2D eigenvalue weighted by molar-refractivity contribution is -0.118. The van der Waals surface area contributed by atoms with Crippen LogP contribution in [-0.4, -0.2) is 36.6 Å². The number of carbonyl (C=O) groups is 2. The van der Waals surface area contributed by atoms with Crippen molar-refractivity contribution < 1.29 is 28.5 Å². The number of nitrogens with one attached hydrogen (secondary N) is 1. The number of amides is 2. The summed E-state index contributed by atoms with van der Waals surface area (Å²) < 4.78 is 22.4. The fourth-order valence-corrected chi connectivity index (χ4v) is 5.22. The molecule has 3 aromatic rings. The molecule has 0 unspecified atom stereocenters. The molecule has 2 aliphatic heterocycles. The number of rotatable bonds is 8. The van der Waals surface area contributed by atoms with Gasteiger partial charge in [0.2, 0.25) is 6.79 Å². The van der Waals surface area contributed by atoms with Crippen molar-refractivity contribution in [3.05, 3.63) is 76.7 Å². The van der Waals surface area contributed by atoms with Crippen LogP contribution in [0.1, 0.15) is 18.1 Å². The van der Waals surface area contributed by atoms with E-state index in [1.54, 1.807) is 42.5 Å². The molecule has 0 bridgehead atoms. The van der Waals surface area contributed by atoms with Gasteiger partial charge in [0.15, 0.2) is 33.9 Å². The lowest BCUT2D eigenvalue weighted by Crippen LogP contribution is -2.27. The molecule has 5 rings (SSSR count). The maximum absolute atomic E-state index is 13.2. The smallest absolute Gasteiger partial charge is 0.270 e. The molecule has 0 atom stereocenters. The molecule has 10 heteroatoms. The molecular formula is C28H24N2O6S2. The van der Waals surface area contributed by atoms with Gasteiger partial charge in [0.05, 0.1) is 17.7 Å². The van der Waals surface area contributed by atoms with E-state index in [2.05, 4.69) is 12.2 Å². The number of fused-ring (bicyclic) bond motifs is 1. The molecule has 0 radical (unpaired) electrons. The quantitative estimate of drug-likeness (QED) is 0.296. The normalized spacial score (nSPS) is 15.2. The van der Waals surface area contributed by atoms with E-state index >= 15 is 0 Å². The van der Waals surface area contributed by atoms with Crippen LogP contribution in [0.3, 0.4) is 0 Å². The van der Waals surface area contributed by atoms with Gasteiger partial charge in [0.25, 0.3) is 11.8 Å². The van der Waals surface area contributed by atoms with Gasteiger partial charge < -0.3 is 24.3 Å². The fraction of sp³-hybridized carbons (Fsp3) is 0.179. The highest BCUT2D eigenvalue weighted by molar-refractivity contribution is 8.27. The third-order valence-corrected chi connectivity index (χ3v) is 7.20. The summed E-state index contributed by atoms with van der Waals surface area (Å²) in [6.07, 6.45) is 2.67. The van der Waals surface area contributed by atoms with Gasteiger partial charge in [-0.1, -0.05) is 49.1 Å². The van der Waals surface area contributed by atoms with Crippen molar-refractivity contribution in [2.75, 3.05) is 30.7 Å². The van der Waals surface area contributed by atoms with Crippen LogP contribution >= 0.6 is 24.0 Å². The third kappa shape index (κ3) is 5.46. The predicted molar refractivity (Wildman–Crippen MR) is 151 cm³/mol. The van der Waals surface area contributed by atoms with Crippen LogP contribution in [0, 0.1) is 0 Å². The Hall–Kier alpha value is -4.02. The third-order valence-electron chi connectivity index (χ3n) is 5.90. The molecule has 1 fully saturated rings. The minimum Gasteiger partial charge on any atom is -0.493 e. The van der Waals surface area contributed by atoms with Gasteiger partial charge in [-0.3, -0.25) is 14.5 Å². The summed E-state index contributed by atoms with van der Waals surface area (Å²) in [6.45, 7) is 2.04. The van der Waals surface area contributed by atoms with E-state index in [4.69, 9.17) is 31.2 Å². The van der Waals surface area contributed by atoms with E-state index in [1.165, 1.54) is 29.3 Å². The van der Waals surface area contributed by atoms with Gasteiger partial charge in [-0.2, -0.15) is 0 Å². The van der Waals surface area contributed by atoms with Gasteiger partial charge in [0.1, 0.15) is 0 Å². The molecule has 0 spiro atoms. The highest BCUT2D eigenvalue weighted by Gasteiger charge is 2.34. The van der Waals surface area contributed by atoms with Crippen molar-refractivity contribution in [3.63, 3.8) is 0 Å². The van der Waals surface area contributed by atoms with E-state index in [-0.39, 0.29) is 25.2 Å². The van der Waals surface area contributed by atoms with Gasteiger partial charge >= 0.3 is 0 Å². The maximum atomic E-state index is 13.2. The van der Waals surface area contributed by atoms with Gasteiger partial charge in [-0.05, 0) is 60.0 Å². The zero-order chi connectivity index (χ0) is 26.6. The highest BCUT2D eigenvalue weighted by Crippen LogP contribution is 2.41. The first-order chi connectivity index (χ1) is 18.4. The Balaban J connectivity index is 1.25. The molecular weight excluding hydrogens is 524 g/mol. The number of benzene rings is 3. The average molecular weight is 549 g/mol. The number of methoxy groups -OCH3 is 1. The number of thioether (sulfide) groups is 1. The van der Waals surface area contributed by atoms with Crippen molar-refractivity contribution in [2.24, 2.45) is 0 Å². The number of hydrogen-bond donors (Lipinski definition) is 1. The van der Waals surface area contributed by atoms with Crippen LogP contribution in [0.15, 0.2) is 65.6 Å². The number of nitrogens with zero attached hydrogens (tertiary/aromatic N) is 1. The minimum absolute atomic E-state index is 0.149. The van der Waals surface area contributed by atoms with E-state index in [0.29, 0.717) is 43.6 Å². The Kier molecular flexibility index (Phi) is 7.52. The van der Waals surface area contributed by atoms with E-state index < -0.39 is 0 Å². The van der Waals surface area contributed by atoms with Crippen LogP contribution in [0.2, 0.25) is 0 Å². The monoisotopic (exact) mass is 548 g/mol. The Morgan fingerprint density at radius 3 is 2.63 bits per heavy atom. The topological polar surface area (TPSA) is 86.3 Å². The number of ether oxygens (including phenoxy) is 4. The van der Waals surface area contributed by atoms with Crippen molar-refractivity contribution in [1.82, 2.24) is 0 Å². The second kappa shape index (κ2) is 11.2. The predicted octanol–water partition coefficient (Wildman–Crippen LogP) is 5.41. The van der Waals surface area contributed by atoms with Crippen LogP contribution < -0.4 is 29.2 Å². The molecule has 1 saturated heterocycles. The molecule has 0 saturated carbocycles. The first kappa shape index (κ1) is 25.6. The molecule has 3 aromatic carbocycles. The summed E-state index contributed by atoms with van der Waals surface area (Å²) in [7, 11) is 1.51. The number of thiocarbonyl (C=S) groups is 1. The number of aryl methyl sites for hydroxylation is 1. The lowest BCUT2D eigenvalue weighted by atomic mass is 10.1. The number of anilines is 2. The molecule has 0 aromatic heterocycles. The molecule has 194 valence electrons. The van der Waals surface area contributed by atoms with Crippen LogP contribution in [0.5, 0.6) is 23.0 Å². The van der Waals surface area contributed by atoms with Crippen LogP contribution in [0.4, 0.5) is 11.4 Å². The summed E-state index contributed by atoms with van der Waals surface area (Å²) >= 11 is 6.69. The van der Waals surface area contributed by atoms with Crippen LogP contribution in [0.25, 0.3) is 6.08 Å². The standard InChI is InChI=1S/C28H24N2O6S2/c1-3-17-4-7-19(8-5-17)29-26(31)15-34-21-10-6-18(12-23(21)33-2)13-25-27(32)30(28(37)38-25)20-9-11-22-24(14-20)36-16-35-22/h4-14H,3,15-16H2,1-2H3,(H,29,31)/b25-13-. The van der Waals surface area contributed by atoms with Crippen molar-refractivity contribution >= 4 is 57.6 Å². The van der Waals surface area contributed by atoms with E-state index in [9.17, 15) is 9.59 Å². The molecule has 2 heterocycles. The van der Waals surface area contributed by atoms with E-state index in [0.717, 1.165) is 12.0 Å². The zero-order valence-corrected chi connectivity index (χ0v) is 22.3. The zero-order valence-electron chi connectivity index (χ0n) is 20.7. The van der Waals surface area contributed by atoms with Gasteiger partial charge in [-0.15, -0.1) is 0 Å². The Morgan fingerprint density at radius 2 is 1.87 bits per heavy atom. The summed E-state index contributed by atoms with van der Waals surface area (Å²) in [4.78, 5) is 27.5. The molecule has 1 N–H and O–H groups in total. The first-order valence-electron chi connectivity index (χ1n) is 11.8. The molecule has 8 nitrogen and oxygen atoms in total. The van der Waals surface area contributed by atoms with Crippen molar-refractivity contribution in [3.8, 4) is 23.0 Å². The minimum atomic E-state index is -0.285. The second-order valence-electron chi connectivity index (χ2n) is 8.35. The number of carbonyl (C=O) groups excluding carboxylic acids is 2. The largest absolute Gasteiger partial charge is 0.493 e. The second-order valence-corrected chi connectivity index (χ2v) is 10.0. The van der Waals surface area contributed by atoms with Crippen molar-refractivity contribution in [1.29, 1.82) is 0 Å². The summed E-state index contributed by atoms with van der Waals surface area (Å²) in [6, 6.07) is 18.2. The Morgan fingerprint density at radius 1 is 1.08 bits per heavy atom. The molecule has 0 aliphatic carbocycles. The highest BCUT2D eigenvalue weighted by atomic mass is 32.2. The lowest BCUT2D eigenvalue weighted by Gasteiger charge is -2.14. The summed E-state index contributed by atoms with van der Waals surface area (Å²) in [5.41, 5.74) is 3.23. The van der Waals surface area contributed by atoms with Crippen molar-refractivity contribution in [2.45, 2.75) is 13.3 Å². The number of hydrogen-bond acceptors (Lipinski definition) is 8. The van der Waals surface area contributed by atoms with Gasteiger partial charge in [-0.25, -0.2) is 0 Å². The van der Waals surface area contributed by atoms with Crippen LogP contribution in [-0.2, 0) is 16.0 Å². The van der Waals surface area contributed by atoms with Gasteiger partial charge in [0, 0.05) is 11.8 Å². The van der Waals surface area contributed by atoms with E-state index in [1.807, 2.05) is 24.3 Å². The summed E-state index contributed by atoms with van der Waals surface area (Å²) in [5.74, 6) is 1.53. The Labute approximate surface area is 229 Å². The fourth-order valence-electron chi connectivity index (χ4n) is 3.92. The maximum Gasteiger partial charge on any atom is 0.270 e. The first-order valence-corrected chi connectivity index (χ1v) is 13.0. The molecule has 38 heavy (non-hydrogen) atoms. The molecule has 2 aliphatic rings. The summed E-state index contributed by atoms with van der Waals surface area (Å²) in [5, 5.41) is 2.81. The average Bonchev–Trinajstić information content (AvgIpc) is 3.51.